The number of ether oxygens (including phenoxy) is 1. The maximum atomic E-state index is 12.7. The quantitative estimate of drug-likeness (QED) is 0.396. The number of thiazole rings is 1. The predicted molar refractivity (Wildman–Crippen MR) is 124 cm³/mol. The van der Waals surface area contributed by atoms with Gasteiger partial charge in [-0.15, -0.1) is 22.7 Å². The van der Waals surface area contributed by atoms with Crippen molar-refractivity contribution in [2.75, 3.05) is 0 Å². The zero-order valence-electron chi connectivity index (χ0n) is 16.5. The van der Waals surface area contributed by atoms with Crippen LogP contribution in [0.1, 0.15) is 25.8 Å². The van der Waals surface area contributed by atoms with Crippen molar-refractivity contribution in [2.24, 2.45) is 0 Å². The molecule has 0 spiro atoms. The molecule has 9 heteroatoms. The lowest BCUT2D eigenvalue weighted by molar-refractivity contribution is 0.0954. The van der Waals surface area contributed by atoms with Crippen LogP contribution in [0.5, 0.6) is 5.75 Å². The largest absolute Gasteiger partial charge is 0.487 e. The highest BCUT2D eigenvalue weighted by molar-refractivity contribution is 7.17. The number of amides is 1. The number of nitrogens with one attached hydrogen (secondary N) is 2. The van der Waals surface area contributed by atoms with Crippen molar-refractivity contribution in [1.82, 2.24) is 15.3 Å². The monoisotopic (exact) mass is 471 g/mol. The van der Waals surface area contributed by atoms with Crippen molar-refractivity contribution < 1.29 is 9.53 Å². The second-order valence-electron chi connectivity index (χ2n) is 6.64. The first-order valence-electron chi connectivity index (χ1n) is 9.40. The highest BCUT2D eigenvalue weighted by Gasteiger charge is 2.21. The van der Waals surface area contributed by atoms with E-state index in [9.17, 15) is 9.59 Å². The van der Waals surface area contributed by atoms with E-state index in [1.807, 2.05) is 36.4 Å². The van der Waals surface area contributed by atoms with Crippen molar-refractivity contribution in [3.63, 3.8) is 0 Å². The molecule has 4 rings (SSSR count). The summed E-state index contributed by atoms with van der Waals surface area (Å²) in [6.45, 7) is 2.45. The van der Waals surface area contributed by atoms with Gasteiger partial charge in [0.25, 0.3) is 11.5 Å². The van der Waals surface area contributed by atoms with Gasteiger partial charge in [0.15, 0.2) is 0 Å². The van der Waals surface area contributed by atoms with Crippen molar-refractivity contribution >= 4 is 40.2 Å². The van der Waals surface area contributed by atoms with E-state index in [4.69, 9.17) is 16.3 Å². The number of aromatic amines is 1. The molecule has 0 bridgehead atoms. The smallest absolute Gasteiger partial charge is 0.263 e. The Kier molecular flexibility index (Phi) is 6.50. The molecule has 3 heterocycles. The molecule has 31 heavy (non-hydrogen) atoms. The number of hydrogen-bond donors (Lipinski definition) is 2. The van der Waals surface area contributed by atoms with E-state index in [-0.39, 0.29) is 18.1 Å². The molecule has 6 nitrogen and oxygen atoms in total. The van der Waals surface area contributed by atoms with Crippen LogP contribution in [0.4, 0.5) is 0 Å². The molecule has 2 N–H and O–H groups in total. The zero-order chi connectivity index (χ0) is 21.8. The first-order chi connectivity index (χ1) is 15.0. The third-order valence-electron chi connectivity index (χ3n) is 4.43. The fourth-order valence-electron chi connectivity index (χ4n) is 2.93. The molecular formula is C22H18ClN3O3S2. The Balaban J connectivity index is 1.56. The maximum absolute atomic E-state index is 12.7. The van der Waals surface area contributed by atoms with E-state index in [1.165, 1.54) is 28.9 Å². The number of carbonyl (C=O) groups excluding carboxylic acids is 1. The molecule has 0 aliphatic heterocycles. The summed E-state index contributed by atoms with van der Waals surface area (Å²) < 4.78 is 6.56. The molecule has 0 aliphatic carbocycles. The van der Waals surface area contributed by atoms with Gasteiger partial charge < -0.3 is 15.0 Å². The lowest BCUT2D eigenvalue weighted by atomic mass is 10.2. The molecule has 0 unspecified atom stereocenters. The maximum Gasteiger partial charge on any atom is 0.263 e. The van der Waals surface area contributed by atoms with Crippen LogP contribution >= 0.6 is 34.3 Å². The average Bonchev–Trinajstić information content (AvgIpc) is 3.36. The Bertz CT molecular complexity index is 1260. The number of aromatic nitrogens is 2. The Morgan fingerprint density at radius 1 is 1.16 bits per heavy atom. The van der Waals surface area contributed by atoms with Crippen LogP contribution < -0.4 is 15.6 Å². The molecule has 1 aromatic carbocycles. The van der Waals surface area contributed by atoms with Crippen molar-refractivity contribution in [3.05, 3.63) is 90.4 Å². The molecular weight excluding hydrogens is 454 g/mol. The van der Waals surface area contributed by atoms with Crippen LogP contribution in [-0.2, 0) is 13.2 Å². The minimum absolute atomic E-state index is 0.229. The number of thiophene rings is 1. The number of H-pyrrole nitrogens is 1. The van der Waals surface area contributed by atoms with Crippen LogP contribution in [0.2, 0.25) is 4.34 Å². The first-order valence-corrected chi connectivity index (χ1v) is 11.4. The summed E-state index contributed by atoms with van der Waals surface area (Å²) in [5.41, 5.74) is 1.54. The molecule has 158 valence electrons. The first kappa shape index (κ1) is 21.3. The third kappa shape index (κ3) is 5.04. The number of hydrogen-bond acceptors (Lipinski definition) is 6. The summed E-state index contributed by atoms with van der Waals surface area (Å²) >= 11 is 8.55. The van der Waals surface area contributed by atoms with E-state index >= 15 is 0 Å². The second kappa shape index (κ2) is 9.47. The number of halogens is 1. The van der Waals surface area contributed by atoms with Crippen LogP contribution in [-0.4, -0.2) is 15.9 Å². The van der Waals surface area contributed by atoms with E-state index in [2.05, 4.69) is 15.3 Å². The third-order valence-corrected chi connectivity index (χ3v) is 6.81. The number of carbonyl (C=O) groups is 1. The van der Waals surface area contributed by atoms with Gasteiger partial charge in [0.05, 0.1) is 10.0 Å². The lowest BCUT2D eigenvalue weighted by Gasteiger charge is -2.08. The van der Waals surface area contributed by atoms with Gasteiger partial charge in [0, 0.05) is 17.6 Å². The van der Waals surface area contributed by atoms with E-state index in [1.54, 1.807) is 19.1 Å². The Morgan fingerprint density at radius 3 is 2.71 bits per heavy atom. The number of nitrogens with zero attached hydrogens (tertiary/aromatic N) is 1. The zero-order valence-corrected chi connectivity index (χ0v) is 18.9. The summed E-state index contributed by atoms with van der Waals surface area (Å²) in [4.78, 5) is 33.8. The molecule has 3 aromatic heterocycles. The molecule has 0 radical (unpaired) electrons. The highest BCUT2D eigenvalue weighted by atomic mass is 35.5. The minimum Gasteiger partial charge on any atom is -0.487 e. The molecule has 0 saturated heterocycles. The van der Waals surface area contributed by atoms with Gasteiger partial charge in [-0.05, 0) is 30.7 Å². The summed E-state index contributed by atoms with van der Waals surface area (Å²) in [5, 5.41) is 3.34. The highest BCUT2D eigenvalue weighted by Crippen LogP contribution is 2.32. The van der Waals surface area contributed by atoms with Gasteiger partial charge in [-0.1, -0.05) is 41.9 Å². The predicted octanol–water partition coefficient (Wildman–Crippen LogP) is 5.03. The van der Waals surface area contributed by atoms with E-state index in [0.717, 1.165) is 10.4 Å². The fourth-order valence-corrected chi connectivity index (χ4v) is 4.96. The van der Waals surface area contributed by atoms with Crippen LogP contribution in [0, 0.1) is 6.92 Å². The minimum atomic E-state index is -0.327. The standard InChI is InChI=1S/C22H18ClN3O3S2/c1-13-19(21(28)25-11-14-5-3-2-4-6-14)31-22(26-13)18-16(9-10-24-20(18)27)29-12-15-7-8-17(23)30-15/h2-10H,11-12H2,1H3,(H,24,27)(H,25,28). The van der Waals surface area contributed by atoms with Gasteiger partial charge in [0.2, 0.25) is 0 Å². The van der Waals surface area contributed by atoms with Gasteiger partial charge in [0.1, 0.15) is 27.8 Å². The molecule has 0 aliphatic rings. The summed E-state index contributed by atoms with van der Waals surface area (Å²) in [6, 6.07) is 15.0. The van der Waals surface area contributed by atoms with Crippen molar-refractivity contribution in [3.8, 4) is 16.3 Å². The van der Waals surface area contributed by atoms with Crippen LogP contribution in [0.25, 0.3) is 10.6 Å². The summed E-state index contributed by atoms with van der Waals surface area (Å²) in [7, 11) is 0. The molecule has 4 aromatic rings. The van der Waals surface area contributed by atoms with Gasteiger partial charge >= 0.3 is 0 Å². The molecule has 0 fully saturated rings. The average molecular weight is 472 g/mol. The molecule has 1 amide bonds. The topological polar surface area (TPSA) is 84.1 Å². The van der Waals surface area contributed by atoms with Crippen molar-refractivity contribution in [1.29, 1.82) is 0 Å². The molecule has 0 atom stereocenters. The van der Waals surface area contributed by atoms with E-state index in [0.29, 0.717) is 37.8 Å². The van der Waals surface area contributed by atoms with Gasteiger partial charge in [-0.2, -0.15) is 0 Å². The van der Waals surface area contributed by atoms with Crippen LogP contribution in [0.15, 0.2) is 59.5 Å². The van der Waals surface area contributed by atoms with Crippen molar-refractivity contribution in [2.45, 2.75) is 20.1 Å². The van der Waals surface area contributed by atoms with Crippen LogP contribution in [0.3, 0.4) is 0 Å². The Morgan fingerprint density at radius 2 is 1.97 bits per heavy atom. The molecule has 0 saturated carbocycles. The Labute approximate surface area is 191 Å². The summed E-state index contributed by atoms with van der Waals surface area (Å²) in [6.07, 6.45) is 1.52. The lowest BCUT2D eigenvalue weighted by Crippen LogP contribution is -2.22. The Hall–Kier alpha value is -2.94. The van der Waals surface area contributed by atoms with Gasteiger partial charge in [-0.3, -0.25) is 9.59 Å². The number of pyridine rings is 1. The second-order valence-corrected chi connectivity index (χ2v) is 9.44. The number of rotatable bonds is 7. The van der Waals surface area contributed by atoms with Gasteiger partial charge in [-0.25, -0.2) is 4.98 Å². The van der Waals surface area contributed by atoms with E-state index < -0.39 is 0 Å². The normalized spacial score (nSPS) is 10.8. The number of benzene rings is 1. The summed E-state index contributed by atoms with van der Waals surface area (Å²) in [5.74, 6) is 0.173. The SMILES string of the molecule is Cc1nc(-c2c(OCc3ccc(Cl)s3)cc[nH]c2=O)sc1C(=O)NCc1ccccc1. The fraction of sp³-hybridized carbons (Fsp3) is 0.136. The number of aryl methyl sites for hydroxylation is 1.